The van der Waals surface area contributed by atoms with E-state index in [4.69, 9.17) is 46.4 Å². The van der Waals surface area contributed by atoms with Crippen LogP contribution in [0.2, 0.25) is 20.1 Å². The van der Waals surface area contributed by atoms with Gasteiger partial charge in [-0.05, 0) is 37.3 Å². The van der Waals surface area contributed by atoms with Gasteiger partial charge < -0.3 is 0 Å². The van der Waals surface area contributed by atoms with Gasteiger partial charge in [-0.25, -0.2) is 4.98 Å². The van der Waals surface area contributed by atoms with E-state index >= 15 is 0 Å². The zero-order valence-corrected chi connectivity index (χ0v) is 16.6. The highest BCUT2D eigenvalue weighted by Crippen LogP contribution is 2.34. The first-order valence-corrected chi connectivity index (χ1v) is 9.37. The van der Waals surface area contributed by atoms with Crippen molar-refractivity contribution in [2.24, 2.45) is 0 Å². The van der Waals surface area contributed by atoms with Gasteiger partial charge in [0.1, 0.15) is 0 Å². The number of benzene rings is 2. The Morgan fingerprint density at radius 1 is 1.00 bits per heavy atom. The third-order valence-electron chi connectivity index (χ3n) is 3.39. The molecule has 3 aromatic rings. The molecule has 0 radical (unpaired) electrons. The van der Waals surface area contributed by atoms with Gasteiger partial charge in [0.25, 0.3) is 5.91 Å². The minimum atomic E-state index is -0.351. The van der Waals surface area contributed by atoms with Crippen molar-refractivity contribution in [3.63, 3.8) is 0 Å². The smallest absolute Gasteiger partial charge is 0.258 e. The van der Waals surface area contributed by atoms with E-state index in [0.29, 0.717) is 25.8 Å². The van der Waals surface area contributed by atoms with E-state index in [1.54, 1.807) is 24.3 Å². The van der Waals surface area contributed by atoms with E-state index in [-0.39, 0.29) is 10.9 Å². The second-order valence-electron chi connectivity index (χ2n) is 5.13. The number of thiazole rings is 1. The van der Waals surface area contributed by atoms with Gasteiger partial charge in [-0.15, -0.1) is 11.3 Å². The number of hydrogen-bond donors (Lipinski definition) is 1. The summed E-state index contributed by atoms with van der Waals surface area (Å²) < 4.78 is 0. The van der Waals surface area contributed by atoms with Gasteiger partial charge in [0, 0.05) is 15.5 Å². The van der Waals surface area contributed by atoms with Crippen molar-refractivity contribution in [2.75, 3.05) is 5.32 Å². The fourth-order valence-electron chi connectivity index (χ4n) is 2.20. The standard InChI is InChI=1S/C17H10Cl4N2OS/c1-8-15(9-2-5-12(19)14(21)6-9)22-17(25-8)23-16(24)11-4-3-10(18)7-13(11)20/h2-7H,1H3,(H,22,23,24). The van der Waals surface area contributed by atoms with Crippen LogP contribution in [0.15, 0.2) is 36.4 Å². The fraction of sp³-hybridized carbons (Fsp3) is 0.0588. The number of nitrogens with zero attached hydrogens (tertiary/aromatic N) is 1. The first kappa shape index (κ1) is 18.5. The molecular formula is C17H10Cl4N2OS. The maximum atomic E-state index is 12.4. The first-order chi connectivity index (χ1) is 11.8. The molecule has 1 heterocycles. The van der Waals surface area contributed by atoms with Crippen molar-refractivity contribution in [1.29, 1.82) is 0 Å². The summed E-state index contributed by atoms with van der Waals surface area (Å²) in [5.41, 5.74) is 1.89. The summed E-state index contributed by atoms with van der Waals surface area (Å²) in [6, 6.07) is 9.98. The number of halogens is 4. The Hall–Kier alpha value is -1.30. The molecule has 0 atom stereocenters. The number of hydrogen-bond acceptors (Lipinski definition) is 3. The molecule has 0 aliphatic carbocycles. The number of aryl methyl sites for hydroxylation is 1. The van der Waals surface area contributed by atoms with Gasteiger partial charge in [0.15, 0.2) is 5.13 Å². The number of carbonyl (C=O) groups is 1. The van der Waals surface area contributed by atoms with Crippen molar-refractivity contribution in [3.05, 3.63) is 66.9 Å². The molecule has 0 saturated carbocycles. The predicted octanol–water partition coefficient (Wildman–Crippen LogP) is 6.98. The van der Waals surface area contributed by atoms with Crippen molar-refractivity contribution < 1.29 is 4.79 Å². The molecule has 1 N–H and O–H groups in total. The average molecular weight is 432 g/mol. The number of rotatable bonds is 3. The molecule has 0 unspecified atom stereocenters. The summed E-state index contributed by atoms with van der Waals surface area (Å²) >= 11 is 25.3. The number of amides is 1. The van der Waals surface area contributed by atoms with Crippen molar-refractivity contribution in [1.82, 2.24) is 4.98 Å². The van der Waals surface area contributed by atoms with Crippen LogP contribution in [-0.2, 0) is 0 Å². The van der Waals surface area contributed by atoms with E-state index in [0.717, 1.165) is 16.1 Å². The van der Waals surface area contributed by atoms with Gasteiger partial charge >= 0.3 is 0 Å². The van der Waals surface area contributed by atoms with Crippen molar-refractivity contribution in [3.8, 4) is 11.3 Å². The molecule has 25 heavy (non-hydrogen) atoms. The molecule has 3 nitrogen and oxygen atoms in total. The molecule has 0 spiro atoms. The van der Waals surface area contributed by atoms with Gasteiger partial charge in [-0.1, -0.05) is 52.5 Å². The summed E-state index contributed by atoms with van der Waals surface area (Å²) in [6.07, 6.45) is 0. The van der Waals surface area contributed by atoms with Crippen LogP contribution in [-0.4, -0.2) is 10.9 Å². The van der Waals surface area contributed by atoms with Crippen LogP contribution in [0.4, 0.5) is 5.13 Å². The molecule has 3 rings (SSSR count). The van der Waals surface area contributed by atoms with Gasteiger partial charge in [0.05, 0.1) is 26.3 Å². The molecule has 8 heteroatoms. The lowest BCUT2D eigenvalue weighted by Gasteiger charge is -2.04. The maximum Gasteiger partial charge on any atom is 0.258 e. The van der Waals surface area contributed by atoms with Gasteiger partial charge in [0.2, 0.25) is 0 Å². The highest BCUT2D eigenvalue weighted by atomic mass is 35.5. The van der Waals surface area contributed by atoms with Gasteiger partial charge in [-0.3, -0.25) is 10.1 Å². The van der Waals surface area contributed by atoms with Crippen molar-refractivity contribution in [2.45, 2.75) is 6.92 Å². The molecule has 1 aromatic heterocycles. The summed E-state index contributed by atoms with van der Waals surface area (Å²) in [5.74, 6) is -0.351. The van der Waals surface area contributed by atoms with Crippen LogP contribution in [0.3, 0.4) is 0 Å². The number of carbonyl (C=O) groups excluding carboxylic acids is 1. The van der Waals surface area contributed by atoms with E-state index in [1.807, 2.05) is 13.0 Å². The Labute approximate surface area is 168 Å². The van der Waals surface area contributed by atoms with E-state index in [9.17, 15) is 4.79 Å². The lowest BCUT2D eigenvalue weighted by Crippen LogP contribution is -2.12. The predicted molar refractivity (Wildman–Crippen MR) is 107 cm³/mol. The minimum Gasteiger partial charge on any atom is -0.298 e. The first-order valence-electron chi connectivity index (χ1n) is 7.04. The van der Waals surface area contributed by atoms with E-state index < -0.39 is 0 Å². The highest BCUT2D eigenvalue weighted by Gasteiger charge is 2.16. The Kier molecular flexibility index (Phi) is 5.56. The Morgan fingerprint density at radius 3 is 2.44 bits per heavy atom. The third kappa shape index (κ3) is 4.10. The monoisotopic (exact) mass is 430 g/mol. The fourth-order valence-corrected chi connectivity index (χ4v) is 3.82. The molecule has 0 aliphatic heterocycles. The van der Waals surface area contributed by atoms with E-state index in [2.05, 4.69) is 10.3 Å². The average Bonchev–Trinajstić information content (AvgIpc) is 2.90. The second-order valence-corrected chi connectivity index (χ2v) is 7.99. The Morgan fingerprint density at radius 2 is 1.76 bits per heavy atom. The van der Waals surface area contributed by atoms with Crippen LogP contribution in [0.25, 0.3) is 11.3 Å². The normalized spacial score (nSPS) is 10.8. The largest absolute Gasteiger partial charge is 0.298 e. The number of aromatic nitrogens is 1. The highest BCUT2D eigenvalue weighted by molar-refractivity contribution is 7.16. The molecule has 0 aliphatic rings. The SMILES string of the molecule is Cc1sc(NC(=O)c2ccc(Cl)cc2Cl)nc1-c1ccc(Cl)c(Cl)c1. The summed E-state index contributed by atoms with van der Waals surface area (Å²) in [6.45, 7) is 1.92. The molecule has 0 fully saturated rings. The summed E-state index contributed by atoms with van der Waals surface area (Å²) in [5, 5.41) is 4.90. The van der Waals surface area contributed by atoms with Crippen LogP contribution < -0.4 is 5.32 Å². The van der Waals surface area contributed by atoms with E-state index in [1.165, 1.54) is 17.4 Å². The Balaban J connectivity index is 1.87. The molecule has 1 amide bonds. The molecule has 128 valence electrons. The van der Waals surface area contributed by atoms with Gasteiger partial charge in [-0.2, -0.15) is 0 Å². The second kappa shape index (κ2) is 7.52. The van der Waals surface area contributed by atoms with Crippen LogP contribution >= 0.6 is 57.7 Å². The lowest BCUT2D eigenvalue weighted by atomic mass is 10.1. The zero-order chi connectivity index (χ0) is 18.1. The van der Waals surface area contributed by atoms with Crippen molar-refractivity contribution >= 4 is 68.8 Å². The number of nitrogens with one attached hydrogen (secondary N) is 1. The maximum absolute atomic E-state index is 12.4. The summed E-state index contributed by atoms with van der Waals surface area (Å²) in [7, 11) is 0. The summed E-state index contributed by atoms with van der Waals surface area (Å²) in [4.78, 5) is 17.8. The molecule has 2 aromatic carbocycles. The minimum absolute atomic E-state index is 0.281. The van der Waals surface area contributed by atoms with Crippen LogP contribution in [0, 0.1) is 6.92 Å². The Bertz CT molecular complexity index is 971. The molecule has 0 saturated heterocycles. The quantitative estimate of drug-likeness (QED) is 0.485. The lowest BCUT2D eigenvalue weighted by molar-refractivity contribution is 0.102. The van der Waals surface area contributed by atoms with Crippen LogP contribution in [0.1, 0.15) is 15.2 Å². The molecule has 0 bridgehead atoms. The topological polar surface area (TPSA) is 42.0 Å². The molecular weight excluding hydrogens is 422 g/mol. The van der Waals surface area contributed by atoms with Crippen LogP contribution in [0.5, 0.6) is 0 Å². The number of anilines is 1. The third-order valence-corrected chi connectivity index (χ3v) is 5.56. The zero-order valence-electron chi connectivity index (χ0n) is 12.7.